The third-order valence-corrected chi connectivity index (χ3v) is 16.0. The maximum atomic E-state index is 13.7. The Hall–Kier alpha value is -3.00. The first-order valence-electron chi connectivity index (χ1n) is 20.6. The largest absolute Gasteiger partial charge is 0.478 e. The summed E-state index contributed by atoms with van der Waals surface area (Å²) in [7, 11) is 0. The van der Waals surface area contributed by atoms with E-state index < -0.39 is 5.97 Å². The lowest BCUT2D eigenvalue weighted by molar-refractivity contribution is -0.165. The second-order valence-electron chi connectivity index (χ2n) is 18.5. The van der Waals surface area contributed by atoms with Crippen LogP contribution < -0.4 is 16.4 Å². The fourth-order valence-corrected chi connectivity index (χ4v) is 13.8. The molecule has 52 heavy (non-hydrogen) atoms. The van der Waals surface area contributed by atoms with Gasteiger partial charge in [0.2, 0.25) is 5.91 Å². The van der Waals surface area contributed by atoms with E-state index in [-0.39, 0.29) is 22.9 Å². The van der Waals surface area contributed by atoms with Crippen LogP contribution in [0.25, 0.3) is 5.57 Å². The summed E-state index contributed by atoms with van der Waals surface area (Å²) in [6, 6.07) is 18.7. The molecule has 5 aliphatic carbocycles. The number of likely N-dealkylation sites (tertiary alicyclic amines) is 1. The van der Waals surface area contributed by atoms with Gasteiger partial charge in [0.05, 0.1) is 12.1 Å². The molecular formula is C45H62N4O3. The number of carboxylic acid groups (broad SMARTS) is 1. The molecule has 4 saturated carbocycles. The summed E-state index contributed by atoms with van der Waals surface area (Å²) < 4.78 is 0. The van der Waals surface area contributed by atoms with E-state index >= 15 is 0 Å². The van der Waals surface area contributed by atoms with Crippen molar-refractivity contribution in [1.29, 1.82) is 0 Å². The lowest BCUT2D eigenvalue weighted by Gasteiger charge is -2.67. The zero-order valence-electron chi connectivity index (χ0n) is 31.8. The highest BCUT2D eigenvalue weighted by Crippen LogP contribution is 2.70. The number of nitrogens with one attached hydrogen (secondary N) is 2. The van der Waals surface area contributed by atoms with Crippen LogP contribution in [0.1, 0.15) is 113 Å². The van der Waals surface area contributed by atoms with Crippen LogP contribution in [0.15, 0.2) is 60.7 Å². The van der Waals surface area contributed by atoms with Gasteiger partial charge in [-0.15, -0.1) is 0 Å². The van der Waals surface area contributed by atoms with Crippen LogP contribution in [-0.2, 0) is 11.3 Å². The van der Waals surface area contributed by atoms with E-state index in [9.17, 15) is 14.7 Å². The van der Waals surface area contributed by atoms with Crippen LogP contribution in [-0.4, -0.2) is 59.1 Å². The summed E-state index contributed by atoms with van der Waals surface area (Å²) in [6.07, 6.45) is 15.8. The second kappa shape index (κ2) is 14.0. The molecule has 5 fully saturated rings. The van der Waals surface area contributed by atoms with Crippen molar-refractivity contribution in [2.24, 2.45) is 52.1 Å². The Morgan fingerprint density at radius 1 is 0.904 bits per heavy atom. The van der Waals surface area contributed by atoms with Crippen LogP contribution >= 0.6 is 0 Å². The number of nitrogens with zero attached hydrogens (tertiary/aromatic N) is 1. The highest BCUT2D eigenvalue weighted by Gasteiger charge is 2.64. The third-order valence-electron chi connectivity index (χ3n) is 16.0. The Balaban J connectivity index is 0.909. The molecule has 0 aromatic heterocycles. The molecule has 5 N–H and O–H groups in total. The maximum Gasteiger partial charge on any atom is 0.335 e. The molecule has 2 aromatic rings. The first-order chi connectivity index (χ1) is 25.0. The molecule has 8 rings (SSSR count). The molecule has 5 unspecified atom stereocenters. The van der Waals surface area contributed by atoms with E-state index in [1.807, 2.05) is 12.1 Å². The fraction of sp³-hybridized carbons (Fsp3) is 0.644. The summed E-state index contributed by atoms with van der Waals surface area (Å²) in [5, 5.41) is 16.7. The summed E-state index contributed by atoms with van der Waals surface area (Å²) in [6.45, 7) is 10.7. The number of rotatable bonds is 9. The fourth-order valence-electron chi connectivity index (χ4n) is 13.8. The molecule has 11 atom stereocenters. The second-order valence-corrected chi connectivity index (χ2v) is 18.5. The lowest BCUT2D eigenvalue weighted by Crippen LogP contribution is -2.64. The van der Waals surface area contributed by atoms with Gasteiger partial charge in [-0.1, -0.05) is 75.7 Å². The van der Waals surface area contributed by atoms with Crippen LogP contribution in [0.5, 0.6) is 0 Å². The molecule has 7 nitrogen and oxygen atoms in total. The van der Waals surface area contributed by atoms with Gasteiger partial charge in [-0.25, -0.2) is 4.79 Å². The van der Waals surface area contributed by atoms with Crippen molar-refractivity contribution in [3.63, 3.8) is 0 Å². The van der Waals surface area contributed by atoms with Gasteiger partial charge >= 0.3 is 5.97 Å². The number of amides is 1. The number of carbonyl (C=O) groups is 2. The zero-order valence-corrected chi connectivity index (χ0v) is 31.8. The van der Waals surface area contributed by atoms with Crippen molar-refractivity contribution in [2.75, 3.05) is 19.6 Å². The minimum Gasteiger partial charge on any atom is -0.478 e. The number of hydrogen-bond donors (Lipinski definition) is 4. The van der Waals surface area contributed by atoms with Crippen molar-refractivity contribution in [3.8, 4) is 0 Å². The molecule has 1 saturated heterocycles. The monoisotopic (exact) mass is 706 g/mol. The van der Waals surface area contributed by atoms with Gasteiger partial charge in [0.15, 0.2) is 0 Å². The Kier molecular flexibility index (Phi) is 9.70. The van der Waals surface area contributed by atoms with E-state index in [0.29, 0.717) is 53.2 Å². The molecule has 1 heterocycles. The average Bonchev–Trinajstić information content (AvgIpc) is 3.71. The van der Waals surface area contributed by atoms with E-state index in [1.165, 1.54) is 61.6 Å². The number of carbonyl (C=O) groups excluding carboxylic acids is 1. The van der Waals surface area contributed by atoms with E-state index in [4.69, 9.17) is 5.73 Å². The molecule has 0 radical (unpaired) electrons. The van der Waals surface area contributed by atoms with Gasteiger partial charge in [-0.2, -0.15) is 0 Å². The Bertz CT molecular complexity index is 1660. The van der Waals surface area contributed by atoms with E-state index in [2.05, 4.69) is 72.7 Å². The number of nitrogens with two attached hydrogens (primary N) is 1. The Morgan fingerprint density at radius 3 is 2.44 bits per heavy atom. The number of hydrogen-bond acceptors (Lipinski definition) is 5. The number of fused-ring (bicyclic) bond motifs is 7. The van der Waals surface area contributed by atoms with Crippen molar-refractivity contribution < 1.29 is 14.7 Å². The molecule has 2 aromatic carbocycles. The summed E-state index contributed by atoms with van der Waals surface area (Å²) in [4.78, 5) is 27.6. The minimum atomic E-state index is -0.865. The number of allylic oxidation sites excluding steroid dienone is 2. The zero-order chi connectivity index (χ0) is 36.3. The Morgan fingerprint density at radius 2 is 1.67 bits per heavy atom. The number of aromatic carboxylic acids is 1. The summed E-state index contributed by atoms with van der Waals surface area (Å²) >= 11 is 0. The highest BCUT2D eigenvalue weighted by molar-refractivity contribution is 5.88. The SMILES string of the molecule is CC1C(c2ccc(C(=O)O)cc2)=CC[C@@]2(C)C1CC[C@@]1(C)C3CC[C@@]4(NC(=O)CNC[C@@H]5CC(N)CN5Cc5ccccc5)CCC[C@@H]4[C@H]3CCC21. The van der Waals surface area contributed by atoms with E-state index in [0.717, 1.165) is 51.2 Å². The van der Waals surface area contributed by atoms with Gasteiger partial charge < -0.3 is 21.5 Å². The molecule has 280 valence electrons. The standard InChI is InChI=1S/C45H62N4O3/c1-29-35(31-11-13-32(14-12-31)42(51)52)17-21-43(2)37(29)18-22-44(3)38-19-23-45(20-7-10-39(45)36(38)15-16-40(43)44)48-41(50)26-47-25-34-24-33(46)28-49(34)27-30-8-5-4-6-9-30/h4-6,8-9,11-14,17,29,33-34,36-40,47H,7,10,15-16,18-28,46H2,1-3H3,(H,48,50)(H,51,52)/t29?,33?,34-,36-,37?,38?,39+,40?,43-,44-,45-/m0/s1. The van der Waals surface area contributed by atoms with Crippen molar-refractivity contribution >= 4 is 17.4 Å². The first kappa shape index (κ1) is 36.0. The lowest BCUT2D eigenvalue weighted by atomic mass is 9.38. The van der Waals surface area contributed by atoms with Crippen LogP contribution in [0.3, 0.4) is 0 Å². The number of benzene rings is 2. The Labute approximate surface area is 311 Å². The van der Waals surface area contributed by atoms with Gasteiger partial charge in [0.25, 0.3) is 0 Å². The van der Waals surface area contributed by atoms with Crippen LogP contribution in [0.2, 0.25) is 0 Å². The van der Waals surface area contributed by atoms with Crippen LogP contribution in [0, 0.1) is 46.3 Å². The topological polar surface area (TPSA) is 108 Å². The van der Waals surface area contributed by atoms with Crippen molar-refractivity contribution in [2.45, 2.75) is 116 Å². The molecule has 6 aliphatic rings. The predicted octanol–water partition coefficient (Wildman–Crippen LogP) is 7.51. The molecule has 1 aliphatic heterocycles. The third kappa shape index (κ3) is 6.26. The highest BCUT2D eigenvalue weighted by atomic mass is 16.4. The molecule has 0 bridgehead atoms. The summed E-state index contributed by atoms with van der Waals surface area (Å²) in [5.74, 6) is 3.17. The predicted molar refractivity (Wildman–Crippen MR) is 207 cm³/mol. The maximum absolute atomic E-state index is 13.7. The molecule has 7 heteroatoms. The van der Waals surface area contributed by atoms with Gasteiger partial charge in [-0.3, -0.25) is 9.69 Å². The smallest absolute Gasteiger partial charge is 0.335 e. The van der Waals surface area contributed by atoms with Crippen LogP contribution in [0.4, 0.5) is 0 Å². The minimum absolute atomic E-state index is 0.0353. The van der Waals surface area contributed by atoms with Gasteiger partial charge in [0.1, 0.15) is 0 Å². The average molecular weight is 707 g/mol. The molecular weight excluding hydrogens is 645 g/mol. The molecule has 1 amide bonds. The van der Waals surface area contributed by atoms with E-state index in [1.54, 1.807) is 12.1 Å². The quantitative estimate of drug-likeness (QED) is 0.215. The summed E-state index contributed by atoms with van der Waals surface area (Å²) in [5.41, 5.74) is 11.3. The molecule has 0 spiro atoms. The van der Waals surface area contributed by atoms with Crippen molar-refractivity contribution in [1.82, 2.24) is 15.5 Å². The first-order valence-corrected chi connectivity index (χ1v) is 20.6. The van der Waals surface area contributed by atoms with Gasteiger partial charge in [0, 0.05) is 37.3 Å². The van der Waals surface area contributed by atoms with Crippen molar-refractivity contribution in [3.05, 3.63) is 77.4 Å². The number of carboxylic acids is 1. The van der Waals surface area contributed by atoms with Gasteiger partial charge in [-0.05, 0) is 139 Å². The normalized spacial score (nSPS) is 39.8.